The molecule has 1 fully saturated rings. The van der Waals surface area contributed by atoms with Crippen molar-refractivity contribution in [3.63, 3.8) is 0 Å². The van der Waals surface area contributed by atoms with E-state index < -0.39 is 0 Å². The van der Waals surface area contributed by atoms with Crippen molar-refractivity contribution in [2.24, 2.45) is 5.92 Å². The lowest BCUT2D eigenvalue weighted by atomic mass is 10.1. The average molecular weight is 237 g/mol. The molecule has 1 aliphatic rings. The number of halogens is 1. The number of likely N-dealkylation sites (tertiary alicyclic amines) is 1. The van der Waals surface area contributed by atoms with E-state index in [-0.39, 0.29) is 5.82 Å². The van der Waals surface area contributed by atoms with Gasteiger partial charge in [-0.25, -0.2) is 4.39 Å². The molecule has 1 unspecified atom stereocenters. The van der Waals surface area contributed by atoms with Crippen LogP contribution in [0.1, 0.15) is 19.8 Å². The molecule has 3 nitrogen and oxygen atoms in total. The lowest BCUT2D eigenvalue weighted by Crippen LogP contribution is -2.23. The van der Waals surface area contributed by atoms with Gasteiger partial charge >= 0.3 is 0 Å². The van der Waals surface area contributed by atoms with Gasteiger partial charge in [-0.05, 0) is 37.9 Å². The van der Waals surface area contributed by atoms with Crippen LogP contribution in [0.25, 0.3) is 0 Å². The van der Waals surface area contributed by atoms with Crippen molar-refractivity contribution in [3.05, 3.63) is 24.3 Å². The first-order valence-electron chi connectivity index (χ1n) is 6.35. The van der Waals surface area contributed by atoms with E-state index in [1.807, 2.05) is 0 Å². The van der Waals surface area contributed by atoms with Gasteiger partial charge < -0.3 is 10.2 Å². The Morgan fingerprint density at radius 3 is 3.24 bits per heavy atom. The summed E-state index contributed by atoms with van der Waals surface area (Å²) in [6.45, 7) is 6.55. The normalized spacial score (nSPS) is 20.7. The highest BCUT2D eigenvalue weighted by atomic mass is 19.1. The van der Waals surface area contributed by atoms with Gasteiger partial charge in [-0.2, -0.15) is 0 Å². The first-order chi connectivity index (χ1) is 8.29. The van der Waals surface area contributed by atoms with Crippen molar-refractivity contribution in [2.75, 3.05) is 31.5 Å². The molecule has 1 aromatic heterocycles. The van der Waals surface area contributed by atoms with E-state index in [2.05, 4.69) is 22.1 Å². The second kappa shape index (κ2) is 5.96. The number of anilines is 1. The van der Waals surface area contributed by atoms with Crippen LogP contribution in [0.15, 0.2) is 18.5 Å². The van der Waals surface area contributed by atoms with Crippen LogP contribution in [0.4, 0.5) is 10.1 Å². The zero-order valence-electron chi connectivity index (χ0n) is 10.3. The van der Waals surface area contributed by atoms with E-state index in [0.29, 0.717) is 11.6 Å². The van der Waals surface area contributed by atoms with Crippen LogP contribution in [0.3, 0.4) is 0 Å². The average Bonchev–Trinajstić information content (AvgIpc) is 2.76. The molecule has 1 aromatic rings. The molecule has 0 amide bonds. The summed E-state index contributed by atoms with van der Waals surface area (Å²) in [6.07, 6.45) is 5.28. The smallest absolute Gasteiger partial charge is 0.164 e. The summed E-state index contributed by atoms with van der Waals surface area (Å²) in [6, 6.07) is 1.69. The summed E-state index contributed by atoms with van der Waals surface area (Å²) >= 11 is 0. The number of hydrogen-bond acceptors (Lipinski definition) is 3. The van der Waals surface area contributed by atoms with Gasteiger partial charge in [-0.3, -0.25) is 4.98 Å². The predicted octanol–water partition coefficient (Wildman–Crippen LogP) is 2.36. The number of hydrogen-bond donors (Lipinski definition) is 1. The molecule has 1 atom stereocenters. The van der Waals surface area contributed by atoms with E-state index in [1.54, 1.807) is 12.3 Å². The fourth-order valence-corrected chi connectivity index (χ4v) is 2.37. The Bertz CT molecular complexity index is 356. The van der Waals surface area contributed by atoms with E-state index in [9.17, 15) is 4.39 Å². The Morgan fingerprint density at radius 1 is 1.59 bits per heavy atom. The summed E-state index contributed by atoms with van der Waals surface area (Å²) in [4.78, 5) is 6.22. The lowest BCUT2D eigenvalue weighted by Gasteiger charge is -2.15. The molecule has 0 aliphatic carbocycles. The first kappa shape index (κ1) is 12.3. The molecule has 4 heteroatoms. The molecule has 1 saturated heterocycles. The molecule has 2 heterocycles. The van der Waals surface area contributed by atoms with Crippen LogP contribution >= 0.6 is 0 Å². The van der Waals surface area contributed by atoms with Gasteiger partial charge in [0.15, 0.2) is 5.82 Å². The summed E-state index contributed by atoms with van der Waals surface area (Å²) in [5.74, 6) is 0.366. The van der Waals surface area contributed by atoms with Crippen molar-refractivity contribution in [2.45, 2.75) is 19.8 Å². The highest BCUT2D eigenvalue weighted by molar-refractivity contribution is 5.42. The first-order valence-corrected chi connectivity index (χ1v) is 6.35. The Hall–Kier alpha value is -1.16. The van der Waals surface area contributed by atoms with Crippen LogP contribution < -0.4 is 5.32 Å². The van der Waals surface area contributed by atoms with Gasteiger partial charge in [0.25, 0.3) is 0 Å². The van der Waals surface area contributed by atoms with Crippen molar-refractivity contribution < 1.29 is 4.39 Å². The van der Waals surface area contributed by atoms with Crippen LogP contribution in [0.2, 0.25) is 0 Å². The Labute approximate surface area is 102 Å². The van der Waals surface area contributed by atoms with Gasteiger partial charge in [-0.15, -0.1) is 0 Å². The molecule has 0 bridgehead atoms. The van der Waals surface area contributed by atoms with Crippen molar-refractivity contribution in [3.8, 4) is 0 Å². The van der Waals surface area contributed by atoms with E-state index in [1.165, 1.54) is 32.1 Å². The third kappa shape index (κ3) is 3.40. The summed E-state index contributed by atoms with van der Waals surface area (Å²) in [5.41, 5.74) is 0.564. The zero-order chi connectivity index (χ0) is 12.1. The topological polar surface area (TPSA) is 28.2 Å². The van der Waals surface area contributed by atoms with Gasteiger partial charge in [0.2, 0.25) is 0 Å². The SMILES string of the molecule is CCCN1CCC(CNc2ccncc2F)C1. The molecule has 2 rings (SSSR count). The minimum atomic E-state index is -0.268. The standard InChI is InChI=1S/C13H20FN3/c1-2-6-17-7-4-11(10-17)8-16-13-3-5-15-9-12(13)14/h3,5,9,11H,2,4,6-8,10H2,1H3,(H,15,16). The van der Waals surface area contributed by atoms with Gasteiger partial charge in [0, 0.05) is 19.3 Å². The molecule has 17 heavy (non-hydrogen) atoms. The van der Waals surface area contributed by atoms with Crippen molar-refractivity contribution in [1.29, 1.82) is 0 Å². The van der Waals surface area contributed by atoms with E-state index in [0.717, 1.165) is 13.1 Å². The molecule has 1 N–H and O–H groups in total. The number of nitrogens with one attached hydrogen (secondary N) is 1. The minimum absolute atomic E-state index is 0.268. The Morgan fingerprint density at radius 2 is 2.47 bits per heavy atom. The third-order valence-electron chi connectivity index (χ3n) is 3.26. The number of aromatic nitrogens is 1. The number of rotatable bonds is 5. The molecule has 0 spiro atoms. The Kier molecular flexibility index (Phi) is 4.31. The molecular weight excluding hydrogens is 217 g/mol. The quantitative estimate of drug-likeness (QED) is 0.852. The van der Waals surface area contributed by atoms with Crippen molar-refractivity contribution >= 4 is 5.69 Å². The molecular formula is C13H20FN3. The minimum Gasteiger partial charge on any atom is -0.382 e. The largest absolute Gasteiger partial charge is 0.382 e. The maximum Gasteiger partial charge on any atom is 0.164 e. The van der Waals surface area contributed by atoms with Gasteiger partial charge in [0.05, 0.1) is 11.9 Å². The van der Waals surface area contributed by atoms with Gasteiger partial charge in [-0.1, -0.05) is 6.92 Å². The summed E-state index contributed by atoms with van der Waals surface area (Å²) in [7, 11) is 0. The summed E-state index contributed by atoms with van der Waals surface area (Å²) < 4.78 is 13.3. The third-order valence-corrected chi connectivity index (χ3v) is 3.26. The fraction of sp³-hybridized carbons (Fsp3) is 0.615. The van der Waals surface area contributed by atoms with E-state index >= 15 is 0 Å². The van der Waals surface area contributed by atoms with E-state index in [4.69, 9.17) is 0 Å². The van der Waals surface area contributed by atoms with Crippen molar-refractivity contribution in [1.82, 2.24) is 9.88 Å². The predicted molar refractivity (Wildman–Crippen MR) is 67.5 cm³/mol. The zero-order valence-corrected chi connectivity index (χ0v) is 10.3. The van der Waals surface area contributed by atoms with Gasteiger partial charge in [0.1, 0.15) is 0 Å². The molecule has 94 valence electrons. The van der Waals surface area contributed by atoms with Crippen LogP contribution in [0.5, 0.6) is 0 Å². The molecule has 1 aliphatic heterocycles. The molecule has 0 saturated carbocycles. The maximum atomic E-state index is 13.3. The maximum absolute atomic E-state index is 13.3. The molecule has 0 radical (unpaired) electrons. The highest BCUT2D eigenvalue weighted by Crippen LogP contribution is 2.18. The Balaban J connectivity index is 1.78. The second-order valence-corrected chi connectivity index (χ2v) is 4.69. The van der Waals surface area contributed by atoms with Crippen LogP contribution in [0, 0.1) is 11.7 Å². The monoisotopic (exact) mass is 237 g/mol. The van der Waals surface area contributed by atoms with Crippen LogP contribution in [-0.4, -0.2) is 36.1 Å². The second-order valence-electron chi connectivity index (χ2n) is 4.69. The number of pyridine rings is 1. The highest BCUT2D eigenvalue weighted by Gasteiger charge is 2.21. The molecule has 0 aromatic carbocycles. The fourth-order valence-electron chi connectivity index (χ4n) is 2.37. The van der Waals surface area contributed by atoms with Crippen LogP contribution in [-0.2, 0) is 0 Å². The lowest BCUT2D eigenvalue weighted by molar-refractivity contribution is 0.327. The number of nitrogens with zero attached hydrogens (tertiary/aromatic N) is 2. The summed E-state index contributed by atoms with van der Waals surface area (Å²) in [5, 5.41) is 3.18.